The zero-order valence-electron chi connectivity index (χ0n) is 15.0. The Labute approximate surface area is 149 Å². The predicted molar refractivity (Wildman–Crippen MR) is 107 cm³/mol. The molecule has 3 nitrogen and oxygen atoms in total. The van der Waals surface area contributed by atoms with Crippen LogP contribution in [0.3, 0.4) is 0 Å². The lowest BCUT2D eigenvalue weighted by Gasteiger charge is -2.20. The van der Waals surface area contributed by atoms with Crippen LogP contribution < -0.4 is 4.90 Å². The van der Waals surface area contributed by atoms with Crippen molar-refractivity contribution in [3.63, 3.8) is 0 Å². The second kappa shape index (κ2) is 6.38. The van der Waals surface area contributed by atoms with Crippen molar-refractivity contribution in [2.45, 2.75) is 27.7 Å². The Hall–Kier alpha value is -1.57. The van der Waals surface area contributed by atoms with E-state index in [1.165, 1.54) is 10.2 Å². The van der Waals surface area contributed by atoms with Gasteiger partial charge in [-0.25, -0.2) is 4.90 Å². The number of amides is 2. The lowest BCUT2D eigenvalue weighted by atomic mass is 10.1. The summed E-state index contributed by atoms with van der Waals surface area (Å²) in [5.41, 5.74) is 3.17. The molecule has 0 aromatic heterocycles. The largest absolute Gasteiger partial charge is 0.269 e. The van der Waals surface area contributed by atoms with Gasteiger partial charge in [-0.05, 0) is 69.6 Å². The average Bonchev–Trinajstić information content (AvgIpc) is 2.65. The Morgan fingerprint density at radius 1 is 1.12 bits per heavy atom. The minimum absolute atomic E-state index is 0.264. The zero-order valence-corrected chi connectivity index (χ0v) is 16.7. The first-order valence-electron chi connectivity index (χ1n) is 7.68. The van der Waals surface area contributed by atoms with Gasteiger partial charge in [0, 0.05) is 16.2 Å². The third-order valence-corrected chi connectivity index (χ3v) is 6.85. The number of imide groups is 1. The van der Waals surface area contributed by atoms with Crippen LogP contribution in [0.2, 0.25) is 5.02 Å². The maximum absolute atomic E-state index is 12.5. The molecule has 1 aliphatic rings. The summed E-state index contributed by atoms with van der Waals surface area (Å²) in [7, 11) is 0. The Balaban J connectivity index is 2.59. The van der Waals surface area contributed by atoms with Gasteiger partial charge in [0.25, 0.3) is 11.8 Å². The average molecular weight is 364 g/mol. The number of carbonyl (C=O) groups excluding carboxylic acids is 2. The van der Waals surface area contributed by atoms with Crippen molar-refractivity contribution in [2.75, 3.05) is 18.2 Å². The zero-order chi connectivity index (χ0) is 18.4. The third kappa shape index (κ3) is 3.29. The van der Waals surface area contributed by atoms with E-state index in [1.807, 2.05) is 26.0 Å². The maximum Gasteiger partial charge on any atom is 0.261 e. The van der Waals surface area contributed by atoms with Crippen LogP contribution in [0.1, 0.15) is 31.9 Å². The minimum Gasteiger partial charge on any atom is -0.269 e. The van der Waals surface area contributed by atoms with Crippen LogP contribution in [0.4, 0.5) is 5.69 Å². The lowest BCUT2D eigenvalue weighted by Crippen LogP contribution is -2.32. The van der Waals surface area contributed by atoms with E-state index < -0.39 is 6.89 Å². The molecule has 0 saturated carbocycles. The summed E-state index contributed by atoms with van der Waals surface area (Å²) < 4.78 is 0. The van der Waals surface area contributed by atoms with Gasteiger partial charge < -0.3 is 0 Å². The molecule has 1 heterocycles. The molecule has 0 fully saturated rings. The molecule has 0 radical (unpaired) electrons. The van der Waals surface area contributed by atoms with Gasteiger partial charge in [-0.2, -0.15) is 0 Å². The summed E-state index contributed by atoms with van der Waals surface area (Å²) >= 11 is 6.38. The molecule has 1 aromatic carbocycles. The summed E-state index contributed by atoms with van der Waals surface area (Å²) in [4.78, 5) is 26.1. The number of aryl methyl sites for hydroxylation is 1. The highest BCUT2D eigenvalue weighted by atomic mass is 35.5. The van der Waals surface area contributed by atoms with Crippen molar-refractivity contribution in [1.82, 2.24) is 0 Å². The number of benzene rings is 1. The normalized spacial score (nSPS) is 16.5. The first kappa shape index (κ1) is 18.8. The number of hydrogen-bond acceptors (Lipinski definition) is 2. The third-order valence-electron chi connectivity index (χ3n) is 4.49. The van der Waals surface area contributed by atoms with E-state index in [9.17, 15) is 9.59 Å². The Morgan fingerprint density at radius 2 is 1.62 bits per heavy atom. The predicted octanol–water partition coefficient (Wildman–Crippen LogP) is 4.93. The fourth-order valence-electron chi connectivity index (χ4n) is 2.40. The summed E-state index contributed by atoms with van der Waals surface area (Å²) in [6.45, 7) is 10.1. The molecular weight excluding hydrogens is 341 g/mol. The van der Waals surface area contributed by atoms with Crippen LogP contribution in [0.15, 0.2) is 28.6 Å². The highest BCUT2D eigenvalue weighted by Gasteiger charge is 2.35. The molecule has 128 valence electrons. The van der Waals surface area contributed by atoms with Crippen molar-refractivity contribution >= 4 is 48.4 Å². The van der Waals surface area contributed by atoms with Crippen LogP contribution in [0.25, 0.3) is 6.08 Å². The second-order valence-corrected chi connectivity index (χ2v) is 11.3. The van der Waals surface area contributed by atoms with Crippen molar-refractivity contribution in [2.24, 2.45) is 0 Å². The molecule has 1 aromatic rings. The smallest absolute Gasteiger partial charge is 0.261 e. The van der Waals surface area contributed by atoms with Crippen LogP contribution in [0, 0.1) is 6.92 Å². The molecular formula is C19H23ClNO2P. The van der Waals surface area contributed by atoms with Gasteiger partial charge in [0.05, 0.1) is 5.69 Å². The van der Waals surface area contributed by atoms with E-state index in [0.29, 0.717) is 21.9 Å². The van der Waals surface area contributed by atoms with Gasteiger partial charge in [0.1, 0.15) is 0 Å². The highest BCUT2D eigenvalue weighted by molar-refractivity contribution is 7.76. The molecule has 0 unspecified atom stereocenters. The summed E-state index contributed by atoms with van der Waals surface area (Å²) in [6.07, 6.45) is 6.24. The van der Waals surface area contributed by atoms with Crippen LogP contribution in [-0.4, -0.2) is 31.4 Å². The van der Waals surface area contributed by atoms with Crippen molar-refractivity contribution in [3.05, 3.63) is 44.7 Å². The standard InChI is InChI=1S/C19H23ClNO2P/c1-11-8-16(20)15(9-12(2)24(5,6)7)10-17(11)21-18(22)13(3)14(4)19(21)23/h8-10H,5H2,1-4,6-7H3. The summed E-state index contributed by atoms with van der Waals surface area (Å²) in [6, 6.07) is 3.62. The molecule has 2 amide bonds. The first-order valence-corrected chi connectivity index (χ1v) is 10.9. The number of rotatable bonds is 3. The number of nitrogens with zero attached hydrogens (tertiary/aromatic N) is 1. The van der Waals surface area contributed by atoms with E-state index in [0.717, 1.165) is 11.1 Å². The van der Waals surface area contributed by atoms with Gasteiger partial charge >= 0.3 is 0 Å². The summed E-state index contributed by atoms with van der Waals surface area (Å²) in [5.74, 6) is -0.529. The Bertz CT molecular complexity index is 834. The van der Waals surface area contributed by atoms with Gasteiger partial charge in [-0.1, -0.05) is 30.9 Å². The fourth-order valence-corrected chi connectivity index (χ4v) is 3.16. The van der Waals surface area contributed by atoms with E-state index in [-0.39, 0.29) is 11.8 Å². The molecule has 0 atom stereocenters. The number of hydrogen-bond donors (Lipinski definition) is 0. The van der Waals surface area contributed by atoms with Gasteiger partial charge in [0.15, 0.2) is 0 Å². The first-order chi connectivity index (χ1) is 10.9. The fraction of sp³-hybridized carbons (Fsp3) is 0.316. The molecule has 0 saturated heterocycles. The molecule has 0 spiro atoms. The van der Waals surface area contributed by atoms with Gasteiger partial charge in [-0.15, -0.1) is 0 Å². The quantitative estimate of drug-likeness (QED) is 0.564. The summed E-state index contributed by atoms with van der Waals surface area (Å²) in [5, 5.41) is 1.77. The number of carbonyl (C=O) groups is 2. The monoisotopic (exact) mass is 363 g/mol. The SMILES string of the molecule is C=P(C)(C)C(C)=Cc1cc(N2C(=O)C(C)=C(C)C2=O)c(C)cc1Cl. The second-order valence-electron chi connectivity index (χ2n) is 6.83. The maximum atomic E-state index is 12.5. The van der Waals surface area contributed by atoms with Crippen LogP contribution in [-0.2, 0) is 9.59 Å². The molecule has 0 N–H and O–H groups in total. The van der Waals surface area contributed by atoms with Crippen LogP contribution in [0.5, 0.6) is 0 Å². The highest BCUT2D eigenvalue weighted by Crippen LogP contribution is 2.46. The number of anilines is 1. The van der Waals surface area contributed by atoms with Gasteiger partial charge in [-0.3, -0.25) is 9.59 Å². The molecule has 5 heteroatoms. The van der Waals surface area contributed by atoms with E-state index in [4.69, 9.17) is 11.6 Å². The topological polar surface area (TPSA) is 37.4 Å². The van der Waals surface area contributed by atoms with E-state index in [2.05, 4.69) is 19.6 Å². The van der Waals surface area contributed by atoms with Gasteiger partial charge in [0.2, 0.25) is 0 Å². The Morgan fingerprint density at radius 3 is 2.08 bits per heavy atom. The van der Waals surface area contributed by atoms with Crippen molar-refractivity contribution in [1.29, 1.82) is 0 Å². The molecule has 0 bridgehead atoms. The molecule has 0 aliphatic carbocycles. The number of allylic oxidation sites excluding steroid dienone is 1. The van der Waals surface area contributed by atoms with Crippen molar-refractivity contribution in [3.8, 4) is 0 Å². The molecule has 24 heavy (non-hydrogen) atoms. The lowest BCUT2D eigenvalue weighted by molar-refractivity contribution is -0.120. The molecule has 2 rings (SSSR count). The minimum atomic E-state index is -1.39. The number of halogens is 1. The molecule has 1 aliphatic heterocycles. The van der Waals surface area contributed by atoms with E-state index >= 15 is 0 Å². The Kier molecular flexibility index (Phi) is 4.99. The van der Waals surface area contributed by atoms with Crippen LogP contribution >= 0.6 is 18.5 Å². The van der Waals surface area contributed by atoms with Crippen molar-refractivity contribution < 1.29 is 9.59 Å². The van der Waals surface area contributed by atoms with E-state index in [1.54, 1.807) is 19.9 Å².